The number of carbonyl (C=O) groups excluding carboxylic acids is 1. The van der Waals surface area contributed by atoms with Gasteiger partial charge in [0.25, 0.3) is 0 Å². The molecule has 2 aliphatic rings. The predicted octanol–water partition coefficient (Wildman–Crippen LogP) is 1.80. The van der Waals surface area contributed by atoms with Crippen LogP contribution in [0, 0.1) is 0 Å². The van der Waals surface area contributed by atoms with Crippen molar-refractivity contribution >= 4 is 11.7 Å². The summed E-state index contributed by atoms with van der Waals surface area (Å²) in [5.74, 6) is 1.12. The Balaban J connectivity index is 1.39. The van der Waals surface area contributed by atoms with Crippen LogP contribution < -0.4 is 10.2 Å². The summed E-state index contributed by atoms with van der Waals surface area (Å²) >= 11 is 0. The van der Waals surface area contributed by atoms with E-state index in [0.717, 1.165) is 70.0 Å². The molecule has 138 valence electrons. The van der Waals surface area contributed by atoms with Crippen LogP contribution in [-0.4, -0.2) is 61.2 Å². The molecule has 25 heavy (non-hydrogen) atoms. The van der Waals surface area contributed by atoms with Crippen molar-refractivity contribution in [2.24, 2.45) is 0 Å². The lowest BCUT2D eigenvalue weighted by Crippen LogP contribution is -2.46. The molecular formula is C19H30N4O2. The molecule has 6 nitrogen and oxygen atoms in total. The van der Waals surface area contributed by atoms with Gasteiger partial charge in [-0.05, 0) is 37.4 Å². The van der Waals surface area contributed by atoms with Crippen molar-refractivity contribution < 1.29 is 9.53 Å². The first-order valence-corrected chi connectivity index (χ1v) is 9.55. The van der Waals surface area contributed by atoms with Crippen LogP contribution in [-0.2, 0) is 16.1 Å². The minimum Gasteiger partial charge on any atom is -0.378 e. The van der Waals surface area contributed by atoms with Crippen LogP contribution in [0.2, 0.25) is 0 Å². The first-order chi connectivity index (χ1) is 12.2. The number of ether oxygens (including phenoxy) is 1. The molecule has 3 rings (SSSR count). The Morgan fingerprint density at radius 2 is 2.16 bits per heavy atom. The summed E-state index contributed by atoms with van der Waals surface area (Å²) in [6.07, 6.45) is 5.73. The summed E-state index contributed by atoms with van der Waals surface area (Å²) in [6, 6.07) is 4.13. The highest BCUT2D eigenvalue weighted by Crippen LogP contribution is 2.17. The van der Waals surface area contributed by atoms with E-state index in [-0.39, 0.29) is 12.0 Å². The van der Waals surface area contributed by atoms with Gasteiger partial charge in [-0.15, -0.1) is 0 Å². The molecule has 1 aromatic rings. The van der Waals surface area contributed by atoms with Gasteiger partial charge in [0.05, 0.1) is 6.10 Å². The quantitative estimate of drug-likeness (QED) is 0.816. The van der Waals surface area contributed by atoms with Crippen LogP contribution >= 0.6 is 0 Å². The number of nitrogens with one attached hydrogen (secondary N) is 1. The van der Waals surface area contributed by atoms with Crippen LogP contribution in [0.3, 0.4) is 0 Å². The van der Waals surface area contributed by atoms with Gasteiger partial charge in [0.1, 0.15) is 5.82 Å². The van der Waals surface area contributed by atoms with Gasteiger partial charge in [0, 0.05) is 51.9 Å². The average Bonchev–Trinajstić information content (AvgIpc) is 3.19. The van der Waals surface area contributed by atoms with E-state index in [1.165, 1.54) is 0 Å². The summed E-state index contributed by atoms with van der Waals surface area (Å²) in [5, 5.41) is 2.98. The van der Waals surface area contributed by atoms with Gasteiger partial charge < -0.3 is 19.9 Å². The van der Waals surface area contributed by atoms with E-state index in [1.807, 2.05) is 6.20 Å². The first kappa shape index (κ1) is 18.1. The van der Waals surface area contributed by atoms with E-state index in [4.69, 9.17) is 4.74 Å². The molecule has 1 aromatic heterocycles. The molecule has 3 heterocycles. The maximum Gasteiger partial charge on any atom is 0.220 e. The fourth-order valence-corrected chi connectivity index (χ4v) is 3.45. The van der Waals surface area contributed by atoms with Crippen LogP contribution in [0.1, 0.15) is 38.2 Å². The zero-order valence-electron chi connectivity index (χ0n) is 15.2. The number of rotatable bonds is 7. The highest BCUT2D eigenvalue weighted by Gasteiger charge is 2.17. The fourth-order valence-electron chi connectivity index (χ4n) is 3.45. The fraction of sp³-hybridized carbons (Fsp3) is 0.684. The molecule has 0 spiro atoms. The lowest BCUT2D eigenvalue weighted by Gasteiger charge is -2.34. The predicted molar refractivity (Wildman–Crippen MR) is 98.6 cm³/mol. The van der Waals surface area contributed by atoms with E-state index in [9.17, 15) is 4.79 Å². The Morgan fingerprint density at radius 1 is 1.32 bits per heavy atom. The van der Waals surface area contributed by atoms with Crippen molar-refractivity contribution in [1.82, 2.24) is 15.2 Å². The maximum absolute atomic E-state index is 11.9. The second-order valence-corrected chi connectivity index (χ2v) is 6.90. The molecule has 2 fully saturated rings. The number of aromatic nitrogens is 1. The minimum absolute atomic E-state index is 0.0928. The molecule has 6 heteroatoms. The lowest BCUT2D eigenvalue weighted by atomic mass is 10.1. The third-order valence-corrected chi connectivity index (χ3v) is 5.16. The van der Waals surface area contributed by atoms with Gasteiger partial charge in [0.2, 0.25) is 5.91 Å². The largest absolute Gasteiger partial charge is 0.378 e. The van der Waals surface area contributed by atoms with Gasteiger partial charge in [-0.1, -0.05) is 13.0 Å². The molecule has 2 saturated heterocycles. The van der Waals surface area contributed by atoms with Crippen molar-refractivity contribution in [3.8, 4) is 0 Å². The highest BCUT2D eigenvalue weighted by molar-refractivity contribution is 5.75. The monoisotopic (exact) mass is 346 g/mol. The second kappa shape index (κ2) is 9.15. The maximum atomic E-state index is 11.9. The van der Waals surface area contributed by atoms with Crippen LogP contribution in [0.4, 0.5) is 5.82 Å². The summed E-state index contributed by atoms with van der Waals surface area (Å²) in [5.41, 5.74) is 1.04. The van der Waals surface area contributed by atoms with E-state index in [1.54, 1.807) is 0 Å². The minimum atomic E-state index is 0.0928. The molecule has 0 radical (unpaired) electrons. The standard InChI is InChI=1S/C19H30N4O2/c1-2-22-9-11-23(12-10-22)18-7-5-16(14-20-18)15-21-19(24)8-6-17-4-3-13-25-17/h5,7,14,17H,2-4,6,8-13,15H2,1H3,(H,21,24)/t17-/m1/s1. The molecule has 0 aromatic carbocycles. The van der Waals surface area contributed by atoms with Gasteiger partial charge in [-0.2, -0.15) is 0 Å². The van der Waals surface area contributed by atoms with Crippen molar-refractivity contribution in [2.75, 3.05) is 44.2 Å². The van der Waals surface area contributed by atoms with Crippen LogP contribution in [0.25, 0.3) is 0 Å². The van der Waals surface area contributed by atoms with Gasteiger partial charge in [-0.3, -0.25) is 4.79 Å². The molecule has 0 saturated carbocycles. The van der Waals surface area contributed by atoms with E-state index in [2.05, 4.69) is 39.2 Å². The summed E-state index contributed by atoms with van der Waals surface area (Å²) < 4.78 is 5.55. The number of hydrogen-bond donors (Lipinski definition) is 1. The number of hydrogen-bond acceptors (Lipinski definition) is 5. The van der Waals surface area contributed by atoms with Crippen molar-refractivity contribution in [3.05, 3.63) is 23.9 Å². The second-order valence-electron chi connectivity index (χ2n) is 6.90. The van der Waals surface area contributed by atoms with Crippen molar-refractivity contribution in [2.45, 2.75) is 45.3 Å². The zero-order chi connectivity index (χ0) is 17.5. The molecule has 1 amide bonds. The van der Waals surface area contributed by atoms with Crippen molar-refractivity contribution in [3.63, 3.8) is 0 Å². The molecule has 0 unspecified atom stereocenters. The van der Waals surface area contributed by atoms with E-state index < -0.39 is 0 Å². The number of carbonyl (C=O) groups is 1. The Kier molecular flexibility index (Phi) is 6.64. The summed E-state index contributed by atoms with van der Waals surface area (Å²) in [6.45, 7) is 8.96. The molecular weight excluding hydrogens is 316 g/mol. The molecule has 1 N–H and O–H groups in total. The molecule has 0 aliphatic carbocycles. The molecule has 1 atom stereocenters. The summed E-state index contributed by atoms with van der Waals surface area (Å²) in [4.78, 5) is 21.3. The number of nitrogens with zero attached hydrogens (tertiary/aromatic N) is 3. The third kappa shape index (κ3) is 5.41. The summed E-state index contributed by atoms with van der Waals surface area (Å²) in [7, 11) is 0. The number of pyridine rings is 1. The normalized spacial score (nSPS) is 21.5. The van der Waals surface area contributed by atoms with Crippen LogP contribution in [0.15, 0.2) is 18.3 Å². The molecule has 0 bridgehead atoms. The third-order valence-electron chi connectivity index (χ3n) is 5.16. The Labute approximate surface area is 150 Å². The Bertz CT molecular complexity index is 535. The first-order valence-electron chi connectivity index (χ1n) is 9.55. The Hall–Kier alpha value is -1.66. The van der Waals surface area contributed by atoms with Crippen molar-refractivity contribution in [1.29, 1.82) is 0 Å². The van der Waals surface area contributed by atoms with Gasteiger partial charge in [0.15, 0.2) is 0 Å². The SMILES string of the molecule is CCN1CCN(c2ccc(CNC(=O)CC[C@H]3CCCO3)cn2)CC1. The van der Waals surface area contributed by atoms with Crippen LogP contribution in [0.5, 0.6) is 0 Å². The Morgan fingerprint density at radius 3 is 2.80 bits per heavy atom. The smallest absolute Gasteiger partial charge is 0.220 e. The molecule has 2 aliphatic heterocycles. The zero-order valence-corrected chi connectivity index (χ0v) is 15.2. The van der Waals surface area contributed by atoms with Gasteiger partial charge >= 0.3 is 0 Å². The highest BCUT2D eigenvalue weighted by atomic mass is 16.5. The average molecular weight is 346 g/mol. The number of piperazine rings is 1. The topological polar surface area (TPSA) is 57.7 Å². The van der Waals surface area contributed by atoms with Gasteiger partial charge in [-0.25, -0.2) is 4.98 Å². The number of amides is 1. The lowest BCUT2D eigenvalue weighted by molar-refractivity contribution is -0.121. The number of likely N-dealkylation sites (N-methyl/N-ethyl adjacent to an activating group) is 1. The van der Waals surface area contributed by atoms with E-state index >= 15 is 0 Å². The number of anilines is 1. The van der Waals surface area contributed by atoms with E-state index in [0.29, 0.717) is 13.0 Å².